The number of halogens is 5. The highest BCUT2D eigenvalue weighted by atomic mass is 79.9. The van der Waals surface area contributed by atoms with Gasteiger partial charge in [0.15, 0.2) is 0 Å². The summed E-state index contributed by atoms with van der Waals surface area (Å²) in [7, 11) is 1.67. The van der Waals surface area contributed by atoms with Crippen LogP contribution in [0.5, 0.6) is 5.75 Å². The minimum Gasteiger partial charge on any atom is -0.497 e. The third kappa shape index (κ3) is 8.19. The third-order valence-corrected chi connectivity index (χ3v) is 7.74. The maximum Gasteiger partial charge on any atom is 0.123 e. The summed E-state index contributed by atoms with van der Waals surface area (Å²) in [5, 5.41) is 6.07. The second-order valence-electron chi connectivity index (χ2n) is 8.54. The standard InChI is InChI=1S/C11H10BrNO.C10H7BrClN.C10H7BrFN/c1-14-10-4-5-11-8(6-10)2-3-9(7-12)13-11;11-6-9-4-2-7-1-3-8(12)5-10(7)13-9;11-6-9-3-1-7-5-8(12)2-4-10(7)13-9/h2-6H,7H2,1H3;2*1-5H,6H2. The van der Waals surface area contributed by atoms with Crippen LogP contribution in [0.4, 0.5) is 4.39 Å². The Morgan fingerprint density at radius 3 is 1.68 bits per heavy atom. The van der Waals surface area contributed by atoms with Gasteiger partial charge in [-0.3, -0.25) is 15.0 Å². The Kier molecular flexibility index (Phi) is 11.2. The van der Waals surface area contributed by atoms with Crippen LogP contribution in [0, 0.1) is 5.82 Å². The molecule has 0 aliphatic rings. The van der Waals surface area contributed by atoms with Gasteiger partial charge in [-0.2, -0.15) is 0 Å². The van der Waals surface area contributed by atoms with E-state index in [1.807, 2.05) is 60.7 Å². The van der Waals surface area contributed by atoms with Crippen LogP contribution >= 0.6 is 59.4 Å². The van der Waals surface area contributed by atoms with Gasteiger partial charge in [-0.15, -0.1) is 0 Å². The SMILES string of the molecule is COc1ccc2nc(CBr)ccc2c1.Clc1ccc2ccc(CBr)nc2c1.Fc1ccc2nc(CBr)ccc2c1. The molecule has 0 saturated carbocycles. The quantitative estimate of drug-likeness (QED) is 0.169. The highest BCUT2D eigenvalue weighted by molar-refractivity contribution is 9.09. The van der Waals surface area contributed by atoms with E-state index < -0.39 is 0 Å². The Bertz CT molecular complexity index is 1710. The van der Waals surface area contributed by atoms with Gasteiger partial charge in [0.25, 0.3) is 0 Å². The molecular formula is C31H24Br3ClFN3O. The van der Waals surface area contributed by atoms with Crippen LogP contribution in [0.3, 0.4) is 0 Å². The van der Waals surface area contributed by atoms with E-state index in [9.17, 15) is 4.39 Å². The van der Waals surface area contributed by atoms with Gasteiger partial charge >= 0.3 is 0 Å². The predicted molar refractivity (Wildman–Crippen MR) is 175 cm³/mol. The number of pyridine rings is 3. The van der Waals surface area contributed by atoms with Crippen LogP contribution in [0.25, 0.3) is 32.7 Å². The van der Waals surface area contributed by atoms with Gasteiger partial charge in [0.2, 0.25) is 0 Å². The van der Waals surface area contributed by atoms with Gasteiger partial charge in [-0.1, -0.05) is 83.7 Å². The van der Waals surface area contributed by atoms with Crippen molar-refractivity contribution in [2.24, 2.45) is 0 Å². The summed E-state index contributed by atoms with van der Waals surface area (Å²) in [6.07, 6.45) is 0. The first-order valence-electron chi connectivity index (χ1n) is 12.1. The number of methoxy groups -OCH3 is 1. The predicted octanol–water partition coefficient (Wildman–Crippen LogP) is 10.2. The molecule has 0 bridgehead atoms. The average Bonchev–Trinajstić information content (AvgIpc) is 3.00. The summed E-state index contributed by atoms with van der Waals surface area (Å²) in [6, 6.07) is 28.1. The molecule has 0 unspecified atom stereocenters. The number of benzene rings is 3. The van der Waals surface area contributed by atoms with Crippen LogP contribution < -0.4 is 4.74 Å². The minimum absolute atomic E-state index is 0.221. The summed E-state index contributed by atoms with van der Waals surface area (Å²) in [5.74, 6) is 0.645. The van der Waals surface area contributed by atoms with Crippen LogP contribution in [0.2, 0.25) is 5.02 Å². The lowest BCUT2D eigenvalue weighted by molar-refractivity contribution is 0.415. The van der Waals surface area contributed by atoms with Crippen molar-refractivity contribution in [2.45, 2.75) is 16.0 Å². The molecule has 9 heteroatoms. The Balaban J connectivity index is 0.000000139. The molecule has 6 aromatic rings. The fourth-order valence-corrected chi connectivity index (χ4v) is 4.87. The highest BCUT2D eigenvalue weighted by Crippen LogP contribution is 2.21. The topological polar surface area (TPSA) is 47.9 Å². The number of ether oxygens (including phenoxy) is 1. The lowest BCUT2D eigenvalue weighted by Gasteiger charge is -2.02. The summed E-state index contributed by atoms with van der Waals surface area (Å²) in [4.78, 5) is 13.2. The summed E-state index contributed by atoms with van der Waals surface area (Å²) < 4.78 is 17.9. The number of hydrogen-bond donors (Lipinski definition) is 0. The normalized spacial score (nSPS) is 10.6. The van der Waals surface area contributed by atoms with E-state index in [0.29, 0.717) is 0 Å². The second-order valence-corrected chi connectivity index (χ2v) is 10.7. The fraction of sp³-hybridized carbons (Fsp3) is 0.129. The molecule has 6 rings (SSSR count). The zero-order valence-corrected chi connectivity index (χ0v) is 26.9. The minimum atomic E-state index is -0.221. The largest absolute Gasteiger partial charge is 0.497 e. The van der Waals surface area contributed by atoms with Gasteiger partial charge in [0.1, 0.15) is 11.6 Å². The van der Waals surface area contributed by atoms with Crippen LogP contribution in [-0.2, 0) is 16.0 Å². The van der Waals surface area contributed by atoms with E-state index in [-0.39, 0.29) is 5.82 Å². The van der Waals surface area contributed by atoms with Crippen molar-refractivity contribution < 1.29 is 9.13 Å². The highest BCUT2D eigenvalue weighted by Gasteiger charge is 2.00. The summed E-state index contributed by atoms with van der Waals surface area (Å²) in [5.41, 5.74) is 5.81. The van der Waals surface area contributed by atoms with Crippen molar-refractivity contribution in [1.82, 2.24) is 15.0 Å². The van der Waals surface area contributed by atoms with E-state index in [2.05, 4.69) is 74.9 Å². The van der Waals surface area contributed by atoms with E-state index in [1.54, 1.807) is 13.2 Å². The molecule has 3 aromatic heterocycles. The molecule has 0 N–H and O–H groups in total. The van der Waals surface area contributed by atoms with E-state index >= 15 is 0 Å². The molecule has 0 fully saturated rings. The van der Waals surface area contributed by atoms with Crippen molar-refractivity contribution in [3.05, 3.63) is 119 Å². The Labute approximate surface area is 262 Å². The third-order valence-electron chi connectivity index (χ3n) is 5.79. The van der Waals surface area contributed by atoms with Crippen LogP contribution in [0.15, 0.2) is 91.0 Å². The molecule has 0 saturated heterocycles. The zero-order valence-electron chi connectivity index (χ0n) is 21.4. The molecular weight excluding hydrogens is 725 g/mol. The van der Waals surface area contributed by atoms with E-state index in [0.717, 1.165) is 76.6 Å². The number of nitrogens with zero attached hydrogens (tertiary/aromatic N) is 3. The van der Waals surface area contributed by atoms with Gasteiger partial charge in [0.05, 0.1) is 40.7 Å². The zero-order chi connectivity index (χ0) is 28.5. The van der Waals surface area contributed by atoms with Crippen molar-refractivity contribution in [3.8, 4) is 5.75 Å². The number of rotatable bonds is 4. The molecule has 4 nitrogen and oxygen atoms in total. The monoisotopic (exact) mass is 745 g/mol. The number of fused-ring (bicyclic) bond motifs is 3. The van der Waals surface area contributed by atoms with Crippen LogP contribution in [0.1, 0.15) is 17.1 Å². The maximum absolute atomic E-state index is 12.8. The molecule has 0 radical (unpaired) electrons. The first-order valence-corrected chi connectivity index (χ1v) is 15.9. The summed E-state index contributed by atoms with van der Waals surface area (Å²) >= 11 is 15.9. The van der Waals surface area contributed by atoms with Crippen molar-refractivity contribution in [3.63, 3.8) is 0 Å². The van der Waals surface area contributed by atoms with Gasteiger partial charge in [0, 0.05) is 37.2 Å². The molecule has 0 aliphatic carbocycles. The molecule has 40 heavy (non-hydrogen) atoms. The van der Waals surface area contributed by atoms with Crippen molar-refractivity contribution in [1.29, 1.82) is 0 Å². The maximum atomic E-state index is 12.8. The molecule has 3 aromatic carbocycles. The number of hydrogen-bond acceptors (Lipinski definition) is 4. The molecule has 3 heterocycles. The number of aromatic nitrogens is 3. The first kappa shape index (κ1) is 30.3. The Hall–Kier alpha value is -2.65. The molecule has 0 aliphatic heterocycles. The van der Waals surface area contributed by atoms with Gasteiger partial charge in [-0.25, -0.2) is 4.39 Å². The lowest BCUT2D eigenvalue weighted by Crippen LogP contribution is -1.87. The molecule has 204 valence electrons. The van der Waals surface area contributed by atoms with Gasteiger partial charge < -0.3 is 4.74 Å². The van der Waals surface area contributed by atoms with Crippen molar-refractivity contribution >= 4 is 92.1 Å². The Morgan fingerprint density at radius 1 is 0.600 bits per heavy atom. The fourth-order valence-electron chi connectivity index (χ4n) is 3.77. The first-order chi connectivity index (χ1) is 19.4. The molecule has 0 spiro atoms. The lowest BCUT2D eigenvalue weighted by atomic mass is 10.2. The van der Waals surface area contributed by atoms with Crippen LogP contribution in [-0.4, -0.2) is 22.1 Å². The van der Waals surface area contributed by atoms with Crippen molar-refractivity contribution in [2.75, 3.05) is 7.11 Å². The second kappa shape index (κ2) is 14.8. The Morgan fingerprint density at radius 2 is 1.10 bits per heavy atom. The van der Waals surface area contributed by atoms with Gasteiger partial charge in [-0.05, 0) is 66.7 Å². The summed E-state index contributed by atoms with van der Waals surface area (Å²) in [6.45, 7) is 0. The van der Waals surface area contributed by atoms with E-state index in [1.165, 1.54) is 12.1 Å². The molecule has 0 atom stereocenters. The smallest absolute Gasteiger partial charge is 0.123 e. The molecule has 0 amide bonds. The van der Waals surface area contributed by atoms with E-state index in [4.69, 9.17) is 16.3 Å². The number of alkyl halides is 3. The average molecular weight is 749 g/mol.